The van der Waals surface area contributed by atoms with Gasteiger partial charge in [0.15, 0.2) is 0 Å². The lowest BCUT2D eigenvalue weighted by atomic mass is 10.1. The largest absolute Gasteiger partial charge is 0.374 e. The van der Waals surface area contributed by atoms with Crippen LogP contribution in [0.5, 0.6) is 0 Å². The van der Waals surface area contributed by atoms with Crippen LogP contribution >= 0.6 is 15.9 Å². The quantitative estimate of drug-likeness (QED) is 0.843. The zero-order valence-electron chi connectivity index (χ0n) is 12.4. The third-order valence-corrected chi connectivity index (χ3v) is 4.87. The minimum atomic E-state index is 0.391. The van der Waals surface area contributed by atoms with E-state index in [0.717, 1.165) is 18.4 Å². The molecule has 0 heterocycles. The van der Waals surface area contributed by atoms with E-state index in [4.69, 9.17) is 0 Å². The molecule has 0 aromatic heterocycles. The molecule has 2 rings (SSSR count). The van der Waals surface area contributed by atoms with E-state index in [2.05, 4.69) is 72.2 Å². The fourth-order valence-corrected chi connectivity index (χ4v) is 3.34. The van der Waals surface area contributed by atoms with Crippen LogP contribution in [0.1, 0.15) is 38.8 Å². The van der Waals surface area contributed by atoms with Crippen LogP contribution in [0.25, 0.3) is 0 Å². The maximum Gasteiger partial charge on any atom is 0.0375 e. The molecule has 3 atom stereocenters. The summed E-state index contributed by atoms with van der Waals surface area (Å²) in [5, 5.41) is 3.46. The molecule has 0 amide bonds. The number of hydrogen-bond donors (Lipinski definition) is 1. The van der Waals surface area contributed by atoms with E-state index in [-0.39, 0.29) is 0 Å². The van der Waals surface area contributed by atoms with Crippen molar-refractivity contribution in [3.8, 4) is 0 Å². The van der Waals surface area contributed by atoms with Gasteiger partial charge in [-0.15, -0.1) is 0 Å². The van der Waals surface area contributed by atoms with Crippen LogP contribution in [-0.2, 0) is 0 Å². The molecule has 1 aromatic carbocycles. The molecule has 0 radical (unpaired) electrons. The first kappa shape index (κ1) is 14.9. The molecule has 19 heavy (non-hydrogen) atoms. The first-order valence-corrected chi connectivity index (χ1v) is 8.06. The predicted octanol–water partition coefficient (Wildman–Crippen LogP) is 4.21. The molecule has 0 aliphatic heterocycles. The van der Waals surface area contributed by atoms with Crippen LogP contribution in [0.15, 0.2) is 22.7 Å². The first-order chi connectivity index (χ1) is 9.02. The van der Waals surface area contributed by atoms with E-state index in [0.29, 0.717) is 6.04 Å². The zero-order chi connectivity index (χ0) is 14.0. The molecule has 106 valence electrons. The molecular formula is C16H25BrN2. The van der Waals surface area contributed by atoms with E-state index in [1.54, 1.807) is 0 Å². The summed E-state index contributed by atoms with van der Waals surface area (Å²) in [7, 11) is 2.19. The molecule has 1 saturated carbocycles. The van der Waals surface area contributed by atoms with E-state index >= 15 is 0 Å². The molecular weight excluding hydrogens is 300 g/mol. The number of anilines is 1. The average Bonchev–Trinajstić information content (AvgIpc) is 3.04. The highest BCUT2D eigenvalue weighted by Gasteiger charge is 2.33. The smallest absolute Gasteiger partial charge is 0.0375 e. The maximum absolute atomic E-state index is 3.71. The van der Waals surface area contributed by atoms with Gasteiger partial charge in [-0.1, -0.05) is 35.8 Å². The summed E-state index contributed by atoms with van der Waals surface area (Å²) < 4.78 is 1.20. The molecule has 3 unspecified atom stereocenters. The summed E-state index contributed by atoms with van der Waals surface area (Å²) in [6, 6.07) is 7.11. The number of rotatable bonds is 6. The van der Waals surface area contributed by atoms with E-state index in [9.17, 15) is 0 Å². The maximum atomic E-state index is 3.71. The van der Waals surface area contributed by atoms with Gasteiger partial charge in [-0.2, -0.15) is 0 Å². The number of halogens is 1. The monoisotopic (exact) mass is 324 g/mol. The van der Waals surface area contributed by atoms with Crippen LogP contribution in [0, 0.1) is 11.8 Å². The minimum Gasteiger partial charge on any atom is -0.374 e. The SMILES string of the molecule is CCNC(C)c1ccc(N(C)CC2CC2C)cc1Br. The highest BCUT2D eigenvalue weighted by atomic mass is 79.9. The minimum absolute atomic E-state index is 0.391. The standard InChI is InChI=1S/C16H25BrN2/c1-5-18-12(3)15-7-6-14(9-16(15)17)19(4)10-13-8-11(13)2/h6-7,9,11-13,18H,5,8,10H2,1-4H3. The van der Waals surface area contributed by atoms with Crippen molar-refractivity contribution in [2.75, 3.05) is 25.0 Å². The van der Waals surface area contributed by atoms with Gasteiger partial charge in [0.25, 0.3) is 0 Å². The topological polar surface area (TPSA) is 15.3 Å². The normalized spacial score (nSPS) is 23.2. The molecule has 0 bridgehead atoms. The van der Waals surface area contributed by atoms with Gasteiger partial charge in [0.05, 0.1) is 0 Å². The Hall–Kier alpha value is -0.540. The lowest BCUT2D eigenvalue weighted by Crippen LogP contribution is -2.21. The molecule has 1 aromatic rings. The molecule has 0 saturated heterocycles. The Morgan fingerprint density at radius 1 is 1.47 bits per heavy atom. The van der Waals surface area contributed by atoms with Crippen molar-refractivity contribution in [3.05, 3.63) is 28.2 Å². The van der Waals surface area contributed by atoms with Crippen molar-refractivity contribution < 1.29 is 0 Å². The second-order valence-corrected chi connectivity index (χ2v) is 6.69. The van der Waals surface area contributed by atoms with E-state index < -0.39 is 0 Å². The van der Waals surface area contributed by atoms with Crippen molar-refractivity contribution in [1.29, 1.82) is 0 Å². The van der Waals surface area contributed by atoms with Crippen molar-refractivity contribution in [3.63, 3.8) is 0 Å². The second-order valence-electron chi connectivity index (χ2n) is 5.84. The summed E-state index contributed by atoms with van der Waals surface area (Å²) in [6.07, 6.45) is 1.39. The predicted molar refractivity (Wildman–Crippen MR) is 86.8 cm³/mol. The van der Waals surface area contributed by atoms with E-state index in [1.807, 2.05) is 0 Å². The highest BCUT2D eigenvalue weighted by Crippen LogP contribution is 2.39. The van der Waals surface area contributed by atoms with Gasteiger partial charge in [0.1, 0.15) is 0 Å². The average molecular weight is 325 g/mol. The molecule has 0 spiro atoms. The van der Waals surface area contributed by atoms with Crippen molar-refractivity contribution >= 4 is 21.6 Å². The summed E-state index contributed by atoms with van der Waals surface area (Å²) in [6.45, 7) is 8.86. The summed E-state index contributed by atoms with van der Waals surface area (Å²) in [4.78, 5) is 2.38. The van der Waals surface area contributed by atoms with Crippen molar-refractivity contribution in [2.45, 2.75) is 33.2 Å². The van der Waals surface area contributed by atoms with Crippen molar-refractivity contribution in [1.82, 2.24) is 5.32 Å². The Labute approximate surface area is 125 Å². The molecule has 1 aliphatic rings. The van der Waals surface area contributed by atoms with Gasteiger partial charge >= 0.3 is 0 Å². The molecule has 1 fully saturated rings. The van der Waals surface area contributed by atoms with Gasteiger partial charge in [-0.3, -0.25) is 0 Å². The Balaban J connectivity index is 2.05. The molecule has 2 nitrogen and oxygen atoms in total. The zero-order valence-corrected chi connectivity index (χ0v) is 14.0. The van der Waals surface area contributed by atoms with Crippen molar-refractivity contribution in [2.24, 2.45) is 11.8 Å². The Morgan fingerprint density at radius 2 is 2.16 bits per heavy atom. The van der Waals surface area contributed by atoms with Gasteiger partial charge < -0.3 is 10.2 Å². The van der Waals surface area contributed by atoms with Gasteiger partial charge in [0, 0.05) is 29.8 Å². The fraction of sp³-hybridized carbons (Fsp3) is 0.625. The van der Waals surface area contributed by atoms with Gasteiger partial charge in [-0.05, 0) is 49.4 Å². The Kier molecular flexibility index (Phi) is 4.91. The second kappa shape index (κ2) is 6.27. The van der Waals surface area contributed by atoms with Crippen LogP contribution in [-0.4, -0.2) is 20.1 Å². The molecule has 1 aliphatic carbocycles. The fourth-order valence-electron chi connectivity index (χ4n) is 2.63. The van der Waals surface area contributed by atoms with Crippen LogP contribution < -0.4 is 10.2 Å². The Bertz CT molecular complexity index is 433. The lowest BCUT2D eigenvalue weighted by Gasteiger charge is -2.22. The number of benzene rings is 1. The van der Waals surface area contributed by atoms with Crippen LogP contribution in [0.4, 0.5) is 5.69 Å². The van der Waals surface area contributed by atoms with Crippen LogP contribution in [0.3, 0.4) is 0 Å². The molecule has 3 heteroatoms. The third-order valence-electron chi connectivity index (χ3n) is 4.19. The Morgan fingerprint density at radius 3 is 2.68 bits per heavy atom. The van der Waals surface area contributed by atoms with Crippen LogP contribution in [0.2, 0.25) is 0 Å². The summed E-state index contributed by atoms with van der Waals surface area (Å²) in [5.41, 5.74) is 2.64. The number of nitrogens with zero attached hydrogens (tertiary/aromatic N) is 1. The number of hydrogen-bond acceptors (Lipinski definition) is 2. The van der Waals surface area contributed by atoms with Gasteiger partial charge in [-0.25, -0.2) is 0 Å². The highest BCUT2D eigenvalue weighted by molar-refractivity contribution is 9.10. The molecule has 1 N–H and O–H groups in total. The lowest BCUT2D eigenvalue weighted by molar-refractivity contribution is 0.596. The number of nitrogens with one attached hydrogen (secondary N) is 1. The summed E-state index contributed by atoms with van der Waals surface area (Å²) >= 11 is 3.71. The summed E-state index contributed by atoms with van der Waals surface area (Å²) in [5.74, 6) is 1.81. The van der Waals surface area contributed by atoms with E-state index in [1.165, 1.54) is 28.7 Å². The van der Waals surface area contributed by atoms with Gasteiger partial charge in [0.2, 0.25) is 0 Å². The third kappa shape index (κ3) is 3.73. The first-order valence-electron chi connectivity index (χ1n) is 7.26.